The second-order valence-electron chi connectivity index (χ2n) is 13.5. The van der Waals surface area contributed by atoms with Crippen molar-refractivity contribution in [1.29, 1.82) is 0 Å². The molecule has 0 aromatic rings. The van der Waals surface area contributed by atoms with Gasteiger partial charge < -0.3 is 0 Å². The van der Waals surface area contributed by atoms with E-state index in [0.29, 0.717) is 0 Å². The third-order valence-corrected chi connectivity index (χ3v) is 11.8. The van der Waals surface area contributed by atoms with Crippen molar-refractivity contribution >= 4 is 9.24 Å². The van der Waals surface area contributed by atoms with Crippen molar-refractivity contribution in [2.75, 3.05) is 6.16 Å². The van der Waals surface area contributed by atoms with Crippen LogP contribution in [0.15, 0.2) is 0 Å². The van der Waals surface area contributed by atoms with Gasteiger partial charge in [-0.25, -0.2) is 0 Å². The molecule has 1 heteroatoms. The van der Waals surface area contributed by atoms with Crippen LogP contribution in [0.4, 0.5) is 0 Å². The first kappa shape index (κ1) is 20.1. The molecule has 164 valence electrons. The summed E-state index contributed by atoms with van der Waals surface area (Å²) >= 11 is 0. The normalized spacial score (nSPS) is 50.4. The lowest BCUT2D eigenvalue weighted by Crippen LogP contribution is -2.58. The first-order valence-corrected chi connectivity index (χ1v) is 14.7. The van der Waals surface area contributed by atoms with Gasteiger partial charge in [0.2, 0.25) is 0 Å². The molecule has 8 rings (SSSR count). The molecule has 0 N–H and O–H groups in total. The highest BCUT2D eigenvalue weighted by molar-refractivity contribution is 7.16. The molecule has 0 aliphatic heterocycles. The van der Waals surface area contributed by atoms with E-state index < -0.39 is 0 Å². The van der Waals surface area contributed by atoms with Gasteiger partial charge in [-0.05, 0) is 148 Å². The molecular formula is C28H47P. The molecular weight excluding hydrogens is 367 g/mol. The van der Waals surface area contributed by atoms with Gasteiger partial charge in [0.05, 0.1) is 0 Å². The smallest absolute Gasteiger partial charge is 0.0256 e. The van der Waals surface area contributed by atoms with Crippen molar-refractivity contribution in [3.63, 3.8) is 0 Å². The Kier molecular flexibility index (Phi) is 5.38. The Morgan fingerprint density at radius 3 is 1.24 bits per heavy atom. The van der Waals surface area contributed by atoms with Gasteiger partial charge in [0.25, 0.3) is 0 Å². The minimum Gasteiger partial charge on any atom is -0.138 e. The molecule has 29 heavy (non-hydrogen) atoms. The van der Waals surface area contributed by atoms with Crippen LogP contribution in [0.25, 0.3) is 0 Å². The topological polar surface area (TPSA) is 0 Å². The van der Waals surface area contributed by atoms with Gasteiger partial charge in [0.15, 0.2) is 0 Å². The van der Waals surface area contributed by atoms with Crippen LogP contribution in [0, 0.1) is 52.3 Å². The molecule has 0 saturated heterocycles. The standard InChI is InChI=1S/C28H47P/c29-7-5-3-1-2-4-6-26(27-14-20-8-21(15-27)10-22(9-20)16-27)28-17-23-11-24(18-28)13-25(12-23)19-28/h20-26H,1-19,29H2. The zero-order valence-corrected chi connectivity index (χ0v) is 20.2. The Bertz CT molecular complexity index is 477. The van der Waals surface area contributed by atoms with Crippen molar-refractivity contribution in [3.05, 3.63) is 0 Å². The second kappa shape index (κ2) is 7.78. The molecule has 0 heterocycles. The van der Waals surface area contributed by atoms with Crippen molar-refractivity contribution in [3.8, 4) is 0 Å². The maximum absolute atomic E-state index is 2.92. The Morgan fingerprint density at radius 2 is 0.862 bits per heavy atom. The summed E-state index contributed by atoms with van der Waals surface area (Å²) in [4.78, 5) is 0. The Balaban J connectivity index is 1.24. The summed E-state index contributed by atoms with van der Waals surface area (Å²) in [5.74, 6) is 7.96. The van der Waals surface area contributed by atoms with Crippen LogP contribution in [0.3, 0.4) is 0 Å². The fourth-order valence-electron chi connectivity index (χ4n) is 11.5. The van der Waals surface area contributed by atoms with Crippen LogP contribution in [0.2, 0.25) is 0 Å². The summed E-state index contributed by atoms with van der Waals surface area (Å²) in [6, 6.07) is 0. The monoisotopic (exact) mass is 414 g/mol. The van der Waals surface area contributed by atoms with Gasteiger partial charge in [0, 0.05) is 0 Å². The maximum Gasteiger partial charge on any atom is -0.0256 e. The number of rotatable bonds is 9. The average Bonchev–Trinajstić information content (AvgIpc) is 2.65. The van der Waals surface area contributed by atoms with Crippen molar-refractivity contribution < 1.29 is 0 Å². The van der Waals surface area contributed by atoms with E-state index in [1.807, 2.05) is 0 Å². The molecule has 0 aromatic carbocycles. The SMILES string of the molecule is PCCCCCCCC(C12CC3CC(CC(C3)C1)C2)C12CC3CC(CC(C3)C1)C2. The summed E-state index contributed by atoms with van der Waals surface area (Å²) in [5.41, 5.74) is 1.61. The third-order valence-electron chi connectivity index (χ3n) is 11.3. The van der Waals surface area contributed by atoms with Crippen LogP contribution in [0.5, 0.6) is 0 Å². The lowest BCUT2D eigenvalue weighted by Gasteiger charge is -2.67. The van der Waals surface area contributed by atoms with E-state index in [9.17, 15) is 0 Å². The molecule has 0 aromatic heterocycles. The molecule has 1 atom stereocenters. The zero-order chi connectivity index (χ0) is 19.5. The Morgan fingerprint density at radius 1 is 0.517 bits per heavy atom. The summed E-state index contributed by atoms with van der Waals surface area (Å²) in [5, 5.41) is 0. The minimum absolute atomic E-state index is 0.806. The van der Waals surface area contributed by atoms with Gasteiger partial charge in [-0.1, -0.05) is 25.7 Å². The molecule has 0 amide bonds. The highest BCUT2D eigenvalue weighted by Gasteiger charge is 2.62. The van der Waals surface area contributed by atoms with Crippen molar-refractivity contribution in [2.45, 2.75) is 116 Å². The third kappa shape index (κ3) is 3.58. The van der Waals surface area contributed by atoms with Gasteiger partial charge in [-0.3, -0.25) is 0 Å². The lowest BCUT2D eigenvalue weighted by molar-refractivity contribution is -0.174. The molecule has 8 bridgehead atoms. The van der Waals surface area contributed by atoms with Crippen LogP contribution < -0.4 is 0 Å². The van der Waals surface area contributed by atoms with Crippen molar-refractivity contribution in [1.82, 2.24) is 0 Å². The van der Waals surface area contributed by atoms with Gasteiger partial charge in [-0.15, -0.1) is 9.24 Å². The van der Waals surface area contributed by atoms with E-state index in [0.717, 1.165) is 52.3 Å². The largest absolute Gasteiger partial charge is 0.138 e. The first-order valence-electron chi connectivity index (χ1n) is 13.9. The van der Waals surface area contributed by atoms with Gasteiger partial charge >= 0.3 is 0 Å². The summed E-state index contributed by atoms with van der Waals surface area (Å²) < 4.78 is 0. The molecule has 1 unspecified atom stereocenters. The van der Waals surface area contributed by atoms with E-state index in [-0.39, 0.29) is 0 Å². The van der Waals surface area contributed by atoms with E-state index in [1.165, 1.54) is 31.8 Å². The quantitative estimate of drug-likeness (QED) is 0.263. The summed E-state index contributed by atoms with van der Waals surface area (Å²) in [7, 11) is 2.92. The van der Waals surface area contributed by atoms with E-state index >= 15 is 0 Å². The van der Waals surface area contributed by atoms with Crippen LogP contribution in [0.1, 0.15) is 116 Å². The van der Waals surface area contributed by atoms with Crippen molar-refractivity contribution in [2.24, 2.45) is 52.3 Å². The molecule has 8 saturated carbocycles. The minimum atomic E-state index is 0.806. The predicted octanol–water partition coefficient (Wildman–Crippen LogP) is 8.25. The fourth-order valence-corrected chi connectivity index (χ4v) is 11.8. The summed E-state index contributed by atoms with van der Waals surface area (Å²) in [6.07, 6.45) is 30.2. The lowest BCUT2D eigenvalue weighted by atomic mass is 9.38. The molecule has 0 nitrogen and oxygen atoms in total. The van der Waals surface area contributed by atoms with Gasteiger partial charge in [-0.2, -0.15) is 0 Å². The number of unbranched alkanes of at least 4 members (excludes halogenated alkanes) is 4. The summed E-state index contributed by atoms with van der Waals surface area (Å²) in [6.45, 7) is 0. The molecule has 0 radical (unpaired) electrons. The zero-order valence-electron chi connectivity index (χ0n) is 19.1. The van der Waals surface area contributed by atoms with Gasteiger partial charge in [0.1, 0.15) is 0 Å². The Hall–Kier alpha value is 0.430. The van der Waals surface area contributed by atoms with E-state index in [1.54, 1.807) is 89.9 Å². The number of hydrogen-bond donors (Lipinski definition) is 0. The maximum atomic E-state index is 2.92. The number of hydrogen-bond acceptors (Lipinski definition) is 0. The first-order chi connectivity index (χ1) is 14.2. The fraction of sp³-hybridized carbons (Fsp3) is 1.00. The highest BCUT2D eigenvalue weighted by Crippen LogP contribution is 2.72. The van der Waals surface area contributed by atoms with E-state index in [2.05, 4.69) is 9.24 Å². The van der Waals surface area contributed by atoms with Crippen LogP contribution in [-0.4, -0.2) is 6.16 Å². The van der Waals surface area contributed by atoms with E-state index in [4.69, 9.17) is 0 Å². The van der Waals surface area contributed by atoms with Crippen LogP contribution >= 0.6 is 9.24 Å². The average molecular weight is 415 g/mol. The Labute approximate surface area is 183 Å². The molecule has 0 spiro atoms. The molecule has 8 aliphatic carbocycles. The highest BCUT2D eigenvalue weighted by atomic mass is 31.0. The molecule has 8 fully saturated rings. The molecule has 8 aliphatic rings. The predicted molar refractivity (Wildman–Crippen MR) is 127 cm³/mol. The second-order valence-corrected chi connectivity index (χ2v) is 14.0. The van der Waals surface area contributed by atoms with Crippen LogP contribution in [-0.2, 0) is 0 Å².